The summed E-state index contributed by atoms with van der Waals surface area (Å²) in [5, 5.41) is 9.14. The van der Waals surface area contributed by atoms with Crippen LogP contribution in [0.25, 0.3) is 0 Å². The Morgan fingerprint density at radius 3 is 1.86 bits per heavy atom. The maximum absolute atomic E-state index is 9.14. The number of hydrogen-bond donors (Lipinski definition) is 0. The van der Waals surface area contributed by atoms with Crippen LogP contribution in [0.1, 0.15) is 0 Å². The number of aliphatic carboxylic acids is 1. The molecule has 0 aromatic rings. The Balaban J connectivity index is -0.0000000800. The summed E-state index contributed by atoms with van der Waals surface area (Å²) < 4.78 is 0. The van der Waals surface area contributed by atoms with Crippen molar-refractivity contribution in [3.05, 3.63) is 12.7 Å². The van der Waals surface area contributed by atoms with Crippen LogP contribution in [0.5, 0.6) is 0 Å². The van der Waals surface area contributed by atoms with Gasteiger partial charge in [0, 0.05) is 0 Å². The second-order valence-electron chi connectivity index (χ2n) is 0.523. The molecule has 0 spiro atoms. The minimum Gasteiger partial charge on any atom is -0.545 e. The minimum absolute atomic E-state index is 0. The summed E-state index contributed by atoms with van der Waals surface area (Å²) >= 11 is 0. The van der Waals surface area contributed by atoms with E-state index >= 15 is 0 Å². The SMILES string of the molecule is C=CC(=O)[O-].[Al+3].[K+]. The predicted molar refractivity (Wildman–Crippen MR) is 21.0 cm³/mol. The summed E-state index contributed by atoms with van der Waals surface area (Å²) in [5.41, 5.74) is 0. The van der Waals surface area contributed by atoms with E-state index in [-0.39, 0.29) is 68.7 Å². The van der Waals surface area contributed by atoms with Crippen molar-refractivity contribution in [1.82, 2.24) is 0 Å². The zero-order chi connectivity index (χ0) is 4.28. The molecule has 0 unspecified atom stereocenters. The van der Waals surface area contributed by atoms with Gasteiger partial charge in [-0.15, -0.1) is 0 Å². The molecule has 0 rings (SSSR count). The number of rotatable bonds is 1. The quantitative estimate of drug-likeness (QED) is 0.270. The van der Waals surface area contributed by atoms with Crippen molar-refractivity contribution in [3.63, 3.8) is 0 Å². The fraction of sp³-hybridized carbons (Fsp3) is 0. The maximum Gasteiger partial charge on any atom is 3.00 e. The smallest absolute Gasteiger partial charge is 0.545 e. The summed E-state index contributed by atoms with van der Waals surface area (Å²) in [4.78, 5) is 9.14. The minimum atomic E-state index is -1.23. The standard InChI is InChI=1S/C3H4O2.Al.K/c1-2-3(4)5;;/h2H,1H2,(H,4,5);;/q;+3;+1/p-1. The first-order chi connectivity index (χ1) is 2.27. The van der Waals surface area contributed by atoms with Crippen LogP contribution >= 0.6 is 0 Å². The molecule has 0 aliphatic rings. The molecule has 0 bridgehead atoms. The van der Waals surface area contributed by atoms with Crippen molar-refractivity contribution in [3.8, 4) is 0 Å². The Labute approximate surface area is 95.5 Å². The average Bonchev–Trinajstić information content (AvgIpc) is 1.38. The number of carbonyl (C=O) groups is 1. The Morgan fingerprint density at radius 2 is 1.86 bits per heavy atom. The molecule has 0 aromatic heterocycles. The van der Waals surface area contributed by atoms with Crippen LogP contribution in [0.2, 0.25) is 0 Å². The topological polar surface area (TPSA) is 40.1 Å². The predicted octanol–water partition coefficient (Wildman–Crippen LogP) is -4.45. The second-order valence-corrected chi connectivity index (χ2v) is 0.523. The number of carboxylic acids is 1. The Bertz CT molecular complexity index is 64.0. The van der Waals surface area contributed by atoms with Gasteiger partial charge in [0.1, 0.15) is 0 Å². The molecule has 2 nitrogen and oxygen atoms in total. The average molecular weight is 137 g/mol. The van der Waals surface area contributed by atoms with E-state index < -0.39 is 5.97 Å². The number of carbonyl (C=O) groups excluding carboxylic acids is 1. The van der Waals surface area contributed by atoms with Crippen molar-refractivity contribution >= 4 is 23.3 Å². The largest absolute Gasteiger partial charge is 3.00 e. The first kappa shape index (κ1) is 15.8. The van der Waals surface area contributed by atoms with Gasteiger partial charge in [-0.05, 0) is 6.08 Å². The summed E-state index contributed by atoms with van der Waals surface area (Å²) in [6, 6.07) is 0. The van der Waals surface area contributed by atoms with Crippen LogP contribution in [0.4, 0.5) is 0 Å². The van der Waals surface area contributed by atoms with Crippen LogP contribution in [0, 0.1) is 0 Å². The molecule has 0 fully saturated rings. The molecule has 0 saturated carbocycles. The van der Waals surface area contributed by atoms with Crippen LogP contribution in [0.15, 0.2) is 12.7 Å². The molecule has 0 aliphatic heterocycles. The van der Waals surface area contributed by atoms with Crippen LogP contribution in [-0.2, 0) is 4.79 Å². The molecule has 4 heteroatoms. The molecule has 28 valence electrons. The molecule has 0 amide bonds. The Morgan fingerprint density at radius 1 is 1.71 bits per heavy atom. The Kier molecular flexibility index (Phi) is 23.4. The van der Waals surface area contributed by atoms with Crippen molar-refractivity contribution in [2.24, 2.45) is 0 Å². The summed E-state index contributed by atoms with van der Waals surface area (Å²) in [6.45, 7) is 2.90. The normalized spacial score (nSPS) is 4.57. The van der Waals surface area contributed by atoms with Crippen LogP contribution in [-0.4, -0.2) is 23.3 Å². The van der Waals surface area contributed by atoms with Gasteiger partial charge in [-0.25, -0.2) is 0 Å². The van der Waals surface area contributed by atoms with Gasteiger partial charge >= 0.3 is 68.7 Å². The van der Waals surface area contributed by atoms with Gasteiger partial charge in [-0.2, -0.15) is 0 Å². The summed E-state index contributed by atoms with van der Waals surface area (Å²) in [6.07, 6.45) is 0.722. The van der Waals surface area contributed by atoms with E-state index in [0.29, 0.717) is 0 Å². The number of hydrogen-bond acceptors (Lipinski definition) is 2. The van der Waals surface area contributed by atoms with Crippen molar-refractivity contribution in [1.29, 1.82) is 0 Å². The fourth-order valence-electron chi connectivity index (χ4n) is 0. The first-order valence-electron chi connectivity index (χ1n) is 1.11. The summed E-state index contributed by atoms with van der Waals surface area (Å²) in [5.74, 6) is -1.23. The zero-order valence-corrected chi connectivity index (χ0v) is 8.46. The molecular formula is C3H3AlKO2+3. The van der Waals surface area contributed by atoms with E-state index in [1.807, 2.05) is 0 Å². The zero-order valence-electron chi connectivity index (χ0n) is 4.18. The third kappa shape index (κ3) is 18.7. The van der Waals surface area contributed by atoms with E-state index in [4.69, 9.17) is 9.90 Å². The molecule has 0 saturated heterocycles. The van der Waals surface area contributed by atoms with Gasteiger partial charge in [0.2, 0.25) is 0 Å². The number of carboxylic acid groups (broad SMARTS) is 1. The van der Waals surface area contributed by atoms with Gasteiger partial charge in [0.05, 0.1) is 5.97 Å². The van der Waals surface area contributed by atoms with Crippen LogP contribution in [0.3, 0.4) is 0 Å². The van der Waals surface area contributed by atoms with Gasteiger partial charge < -0.3 is 9.90 Å². The molecular weight excluding hydrogens is 134 g/mol. The monoisotopic (exact) mass is 137 g/mol. The van der Waals surface area contributed by atoms with E-state index in [0.717, 1.165) is 6.08 Å². The molecule has 0 N–H and O–H groups in total. The van der Waals surface area contributed by atoms with Crippen molar-refractivity contribution < 1.29 is 61.3 Å². The third-order valence-electron chi connectivity index (χ3n) is 0.167. The van der Waals surface area contributed by atoms with Gasteiger partial charge in [-0.1, -0.05) is 6.58 Å². The molecule has 0 heterocycles. The second kappa shape index (κ2) is 10.4. The fourth-order valence-corrected chi connectivity index (χ4v) is 0. The van der Waals surface area contributed by atoms with E-state index in [1.54, 1.807) is 0 Å². The van der Waals surface area contributed by atoms with E-state index in [9.17, 15) is 0 Å². The van der Waals surface area contributed by atoms with Crippen molar-refractivity contribution in [2.75, 3.05) is 0 Å². The van der Waals surface area contributed by atoms with Gasteiger partial charge in [0.15, 0.2) is 0 Å². The van der Waals surface area contributed by atoms with Crippen molar-refractivity contribution in [2.45, 2.75) is 0 Å². The molecule has 0 aliphatic carbocycles. The molecule has 0 atom stereocenters. The van der Waals surface area contributed by atoms with E-state index in [2.05, 4.69) is 6.58 Å². The summed E-state index contributed by atoms with van der Waals surface area (Å²) in [7, 11) is 0. The van der Waals surface area contributed by atoms with Crippen LogP contribution < -0.4 is 56.5 Å². The Hall–Kier alpha value is 1.38. The molecule has 0 radical (unpaired) electrons. The van der Waals surface area contributed by atoms with Gasteiger partial charge in [-0.3, -0.25) is 0 Å². The van der Waals surface area contributed by atoms with E-state index in [1.165, 1.54) is 0 Å². The molecule has 7 heavy (non-hydrogen) atoms. The maximum atomic E-state index is 9.14. The third-order valence-corrected chi connectivity index (χ3v) is 0.167. The van der Waals surface area contributed by atoms with Gasteiger partial charge in [0.25, 0.3) is 0 Å². The first-order valence-corrected chi connectivity index (χ1v) is 1.11. The molecule has 0 aromatic carbocycles.